The molecule has 1 saturated heterocycles. The third kappa shape index (κ3) is 7.46. The molecule has 212 valence electrons. The molecule has 0 radical (unpaired) electrons. The fourth-order valence-corrected chi connectivity index (χ4v) is 6.91. The van der Waals surface area contributed by atoms with Crippen molar-refractivity contribution >= 4 is 26.8 Å². The first-order valence-electron chi connectivity index (χ1n) is 13.5. The number of ether oxygens (including phenoxy) is 1. The van der Waals surface area contributed by atoms with Gasteiger partial charge in [0, 0.05) is 57.0 Å². The molecule has 1 fully saturated rings. The van der Waals surface area contributed by atoms with Crippen LogP contribution in [0, 0.1) is 0 Å². The number of nitrogens with one attached hydrogen (secondary N) is 2. The summed E-state index contributed by atoms with van der Waals surface area (Å²) in [5, 5.41) is 13.8. The minimum Gasteiger partial charge on any atom is -0.392 e. The number of aromatic nitrogens is 1. The van der Waals surface area contributed by atoms with Gasteiger partial charge in [-0.15, -0.1) is 0 Å². The average molecular weight is 557 g/mol. The molecule has 2 aromatic carbocycles. The zero-order valence-electron chi connectivity index (χ0n) is 22.8. The molecule has 1 aliphatic rings. The van der Waals surface area contributed by atoms with E-state index >= 15 is 0 Å². The SMILES string of the molecule is COCCCS(=O)(=O)N1CCC(c2c[nH]c3c(CC(N)=O)cc(-c4cccc(CNC[C@@H](C)O)c4)cc23)CC1. The minimum absolute atomic E-state index is 0.103. The first kappa shape index (κ1) is 29.2. The number of aliphatic hydroxyl groups is 1. The van der Waals surface area contributed by atoms with E-state index in [-0.39, 0.29) is 18.1 Å². The van der Waals surface area contributed by atoms with E-state index in [0.717, 1.165) is 51.6 Å². The van der Waals surface area contributed by atoms with Crippen molar-refractivity contribution in [3.8, 4) is 11.1 Å². The number of nitrogens with zero attached hydrogens (tertiary/aromatic N) is 1. The Bertz CT molecular complexity index is 1380. The summed E-state index contributed by atoms with van der Waals surface area (Å²) in [6.07, 6.45) is 3.67. The lowest BCUT2D eigenvalue weighted by molar-refractivity contribution is -0.117. The van der Waals surface area contributed by atoms with Crippen LogP contribution in [0.5, 0.6) is 0 Å². The van der Waals surface area contributed by atoms with E-state index < -0.39 is 22.0 Å². The normalized spacial score (nSPS) is 16.1. The number of sulfonamides is 1. The Morgan fingerprint density at radius 2 is 2.00 bits per heavy atom. The molecule has 5 N–H and O–H groups in total. The molecule has 0 spiro atoms. The van der Waals surface area contributed by atoms with Crippen LogP contribution in [0.15, 0.2) is 42.6 Å². The molecule has 4 rings (SSSR count). The summed E-state index contributed by atoms with van der Waals surface area (Å²) < 4.78 is 32.1. The number of H-pyrrole nitrogens is 1. The van der Waals surface area contributed by atoms with Gasteiger partial charge in [-0.2, -0.15) is 0 Å². The quantitative estimate of drug-likeness (QED) is 0.239. The average Bonchev–Trinajstić information content (AvgIpc) is 3.33. The van der Waals surface area contributed by atoms with E-state index in [1.54, 1.807) is 18.3 Å². The van der Waals surface area contributed by atoms with Gasteiger partial charge in [-0.1, -0.05) is 18.2 Å². The number of carbonyl (C=O) groups is 1. The highest BCUT2D eigenvalue weighted by Gasteiger charge is 2.29. The Kier molecular flexibility index (Phi) is 9.79. The number of amides is 1. The zero-order valence-corrected chi connectivity index (χ0v) is 23.6. The monoisotopic (exact) mass is 556 g/mol. The topological polar surface area (TPSA) is 138 Å². The molecule has 1 amide bonds. The Labute approximate surface area is 230 Å². The minimum atomic E-state index is -3.29. The van der Waals surface area contributed by atoms with Gasteiger partial charge in [0.25, 0.3) is 0 Å². The maximum Gasteiger partial charge on any atom is 0.221 e. The predicted molar refractivity (Wildman–Crippen MR) is 154 cm³/mol. The maximum atomic E-state index is 12.7. The molecule has 0 aliphatic carbocycles. The van der Waals surface area contributed by atoms with Crippen molar-refractivity contribution in [1.29, 1.82) is 0 Å². The molecular formula is C29H40N4O5S. The number of nitrogens with two attached hydrogens (primary N) is 1. The second kappa shape index (κ2) is 13.1. The van der Waals surface area contributed by atoms with Crippen LogP contribution in [0.2, 0.25) is 0 Å². The van der Waals surface area contributed by atoms with Gasteiger partial charge in [-0.3, -0.25) is 4.79 Å². The van der Waals surface area contributed by atoms with Gasteiger partial charge in [-0.05, 0) is 78.1 Å². The number of methoxy groups -OCH3 is 1. The van der Waals surface area contributed by atoms with Crippen molar-refractivity contribution in [2.24, 2.45) is 5.73 Å². The molecule has 39 heavy (non-hydrogen) atoms. The van der Waals surface area contributed by atoms with Crippen LogP contribution in [0.3, 0.4) is 0 Å². The number of aliphatic hydroxyl groups excluding tert-OH is 1. The summed E-state index contributed by atoms with van der Waals surface area (Å²) in [6, 6.07) is 12.4. The van der Waals surface area contributed by atoms with E-state index in [4.69, 9.17) is 10.5 Å². The molecule has 9 nitrogen and oxygen atoms in total. The van der Waals surface area contributed by atoms with Crippen LogP contribution >= 0.6 is 0 Å². The van der Waals surface area contributed by atoms with Crippen molar-refractivity contribution in [2.45, 2.75) is 51.2 Å². The van der Waals surface area contributed by atoms with Gasteiger partial charge < -0.3 is 25.9 Å². The fraction of sp³-hybridized carbons (Fsp3) is 0.483. The molecule has 0 saturated carbocycles. The van der Waals surface area contributed by atoms with Gasteiger partial charge in [0.05, 0.1) is 18.3 Å². The molecule has 1 aliphatic heterocycles. The van der Waals surface area contributed by atoms with Crippen LogP contribution in [-0.4, -0.2) is 73.9 Å². The Morgan fingerprint density at radius 3 is 2.69 bits per heavy atom. The molecular weight excluding hydrogens is 516 g/mol. The third-order valence-electron chi connectivity index (χ3n) is 7.33. The second-order valence-corrected chi connectivity index (χ2v) is 12.5. The number of hydrogen-bond acceptors (Lipinski definition) is 6. The van der Waals surface area contributed by atoms with Crippen molar-refractivity contribution in [1.82, 2.24) is 14.6 Å². The van der Waals surface area contributed by atoms with Crippen LogP contribution in [-0.2, 0) is 32.5 Å². The summed E-state index contributed by atoms with van der Waals surface area (Å²) in [6.45, 7) is 4.31. The molecule has 3 aromatic rings. The maximum absolute atomic E-state index is 12.7. The number of fused-ring (bicyclic) bond motifs is 1. The van der Waals surface area contributed by atoms with Gasteiger partial charge in [0.2, 0.25) is 15.9 Å². The first-order valence-corrected chi connectivity index (χ1v) is 15.2. The van der Waals surface area contributed by atoms with Crippen LogP contribution < -0.4 is 11.1 Å². The molecule has 1 aromatic heterocycles. The summed E-state index contributed by atoms with van der Waals surface area (Å²) in [7, 11) is -1.72. The van der Waals surface area contributed by atoms with Crippen LogP contribution in [0.25, 0.3) is 22.0 Å². The van der Waals surface area contributed by atoms with E-state index in [2.05, 4.69) is 22.4 Å². The van der Waals surface area contributed by atoms with Gasteiger partial charge >= 0.3 is 0 Å². The van der Waals surface area contributed by atoms with E-state index in [1.165, 1.54) is 0 Å². The number of benzene rings is 2. The number of rotatable bonds is 13. The Balaban J connectivity index is 1.60. The highest BCUT2D eigenvalue weighted by Crippen LogP contribution is 2.37. The summed E-state index contributed by atoms with van der Waals surface area (Å²) in [5.41, 5.74) is 11.6. The Morgan fingerprint density at radius 1 is 1.23 bits per heavy atom. The van der Waals surface area contributed by atoms with Gasteiger partial charge in [0.1, 0.15) is 0 Å². The predicted octanol–water partition coefficient (Wildman–Crippen LogP) is 2.88. The molecule has 2 heterocycles. The zero-order chi connectivity index (χ0) is 28.0. The van der Waals surface area contributed by atoms with Crippen molar-refractivity contribution in [2.75, 3.05) is 39.1 Å². The summed E-state index contributed by atoms with van der Waals surface area (Å²) in [5.74, 6) is -0.0870. The Hall–Kier alpha value is -2.76. The number of hydrogen-bond donors (Lipinski definition) is 4. The highest BCUT2D eigenvalue weighted by atomic mass is 32.2. The lowest BCUT2D eigenvalue weighted by atomic mass is 9.88. The lowest BCUT2D eigenvalue weighted by Crippen LogP contribution is -2.39. The van der Waals surface area contributed by atoms with E-state index in [0.29, 0.717) is 39.2 Å². The second-order valence-electron chi connectivity index (χ2n) is 10.5. The smallest absolute Gasteiger partial charge is 0.221 e. The standard InChI is InChI=1S/C29H40N4O5S/c1-20(34)17-31-18-21-5-3-6-23(13-21)24-14-25(16-28(30)35)29-26(15-24)27(19-32-29)22-7-9-33(10-8-22)39(36,37)12-4-11-38-2/h3,5-6,13-15,19-20,22,31-32,34H,4,7-12,16-18H2,1-2H3,(H2,30,35)/t20-/m1/s1. The number of piperidine rings is 1. The van der Waals surface area contributed by atoms with E-state index in [1.807, 2.05) is 30.5 Å². The number of aromatic amines is 1. The fourth-order valence-electron chi connectivity index (χ4n) is 5.41. The number of carbonyl (C=O) groups excluding carboxylic acids is 1. The van der Waals surface area contributed by atoms with Gasteiger partial charge in [-0.25, -0.2) is 12.7 Å². The molecule has 10 heteroatoms. The molecule has 0 unspecified atom stereocenters. The lowest BCUT2D eigenvalue weighted by Gasteiger charge is -2.31. The van der Waals surface area contributed by atoms with Crippen molar-refractivity contribution in [3.63, 3.8) is 0 Å². The van der Waals surface area contributed by atoms with E-state index in [9.17, 15) is 18.3 Å². The molecule has 0 bridgehead atoms. The third-order valence-corrected chi connectivity index (χ3v) is 9.29. The summed E-state index contributed by atoms with van der Waals surface area (Å²) >= 11 is 0. The van der Waals surface area contributed by atoms with Crippen LogP contribution in [0.4, 0.5) is 0 Å². The first-order chi connectivity index (χ1) is 18.7. The largest absolute Gasteiger partial charge is 0.392 e. The van der Waals surface area contributed by atoms with Crippen LogP contribution in [0.1, 0.15) is 48.8 Å². The van der Waals surface area contributed by atoms with Crippen molar-refractivity contribution in [3.05, 3.63) is 59.3 Å². The van der Waals surface area contributed by atoms with Gasteiger partial charge in [0.15, 0.2) is 0 Å². The number of primary amides is 1. The molecule has 1 atom stereocenters. The van der Waals surface area contributed by atoms with Crippen molar-refractivity contribution < 1.29 is 23.1 Å². The highest BCUT2D eigenvalue weighted by molar-refractivity contribution is 7.89. The summed E-state index contributed by atoms with van der Waals surface area (Å²) in [4.78, 5) is 15.3.